The lowest BCUT2D eigenvalue weighted by Crippen LogP contribution is -2.08. The molecule has 5 nitrogen and oxygen atoms in total. The monoisotopic (exact) mass is 448 g/mol. The van der Waals surface area contributed by atoms with E-state index in [2.05, 4.69) is 10.3 Å². The van der Waals surface area contributed by atoms with E-state index >= 15 is 0 Å². The summed E-state index contributed by atoms with van der Waals surface area (Å²) in [5.41, 5.74) is 4.41. The Bertz CT molecular complexity index is 1300. The number of carboxylic acid groups (broad SMARTS) is 1. The highest BCUT2D eigenvalue weighted by atomic mass is 35.5. The smallest absolute Gasteiger partial charge is 0.307 e. The van der Waals surface area contributed by atoms with Crippen LogP contribution < -0.4 is 5.32 Å². The quantitative estimate of drug-likeness (QED) is 0.340. The molecule has 0 radical (unpaired) electrons. The first-order valence-electron chi connectivity index (χ1n) is 9.78. The average molecular weight is 449 g/mol. The lowest BCUT2D eigenvalue weighted by atomic mass is 10.0. The SMILES string of the molecule is O=C(O)C1CC1C(=O)c1ccc(-c2ccc(Nc3nc4ccc(Cl)cc4s3)cc2)cc1. The van der Waals surface area contributed by atoms with Gasteiger partial charge in [0.2, 0.25) is 0 Å². The molecular formula is C24H17ClN2O3S. The molecule has 31 heavy (non-hydrogen) atoms. The Morgan fingerprint density at radius 3 is 2.29 bits per heavy atom. The number of carboxylic acids is 1. The van der Waals surface area contributed by atoms with Gasteiger partial charge in [0.1, 0.15) is 0 Å². The number of fused-ring (bicyclic) bond motifs is 1. The molecule has 2 unspecified atom stereocenters. The van der Waals surface area contributed by atoms with Gasteiger partial charge >= 0.3 is 5.97 Å². The Balaban J connectivity index is 1.28. The highest BCUT2D eigenvalue weighted by Gasteiger charge is 2.48. The summed E-state index contributed by atoms with van der Waals surface area (Å²) in [6, 6.07) is 20.9. The van der Waals surface area contributed by atoms with Crippen LogP contribution in [0.4, 0.5) is 10.8 Å². The molecule has 2 N–H and O–H groups in total. The minimum Gasteiger partial charge on any atom is -0.481 e. The van der Waals surface area contributed by atoms with Gasteiger partial charge in [-0.1, -0.05) is 59.3 Å². The number of nitrogens with zero attached hydrogens (tertiary/aromatic N) is 1. The maximum atomic E-state index is 12.4. The molecule has 0 saturated heterocycles. The van der Waals surface area contributed by atoms with Crippen molar-refractivity contribution in [1.29, 1.82) is 0 Å². The number of benzene rings is 3. The second-order valence-corrected chi connectivity index (χ2v) is 9.03. The minimum atomic E-state index is -0.890. The first kappa shape index (κ1) is 19.7. The number of hydrogen-bond acceptors (Lipinski definition) is 5. The molecule has 1 fully saturated rings. The summed E-state index contributed by atoms with van der Waals surface area (Å²) in [5.74, 6) is -1.89. The number of nitrogens with one attached hydrogen (secondary N) is 1. The number of rotatable bonds is 6. The Morgan fingerprint density at radius 2 is 1.65 bits per heavy atom. The largest absolute Gasteiger partial charge is 0.481 e. The van der Waals surface area contributed by atoms with Gasteiger partial charge in [-0.05, 0) is 47.9 Å². The second-order valence-electron chi connectivity index (χ2n) is 7.56. The van der Waals surface area contributed by atoms with Crippen LogP contribution in [0.5, 0.6) is 0 Å². The van der Waals surface area contributed by atoms with Crippen molar-refractivity contribution in [2.45, 2.75) is 6.42 Å². The molecule has 3 aromatic carbocycles. The Kier molecular flexibility index (Phi) is 4.96. The van der Waals surface area contributed by atoms with Crippen LogP contribution in [0.3, 0.4) is 0 Å². The third-order valence-electron chi connectivity index (χ3n) is 5.43. The van der Waals surface area contributed by atoms with Crippen LogP contribution in [0.2, 0.25) is 5.02 Å². The van der Waals surface area contributed by atoms with Gasteiger partial charge in [0, 0.05) is 22.2 Å². The van der Waals surface area contributed by atoms with Gasteiger partial charge in [-0.2, -0.15) is 0 Å². The predicted octanol–water partition coefficient (Wildman–Crippen LogP) is 6.26. The molecule has 7 heteroatoms. The van der Waals surface area contributed by atoms with Gasteiger partial charge in [0.25, 0.3) is 0 Å². The zero-order valence-electron chi connectivity index (χ0n) is 16.2. The molecule has 1 aromatic heterocycles. The van der Waals surface area contributed by atoms with Crippen LogP contribution >= 0.6 is 22.9 Å². The maximum Gasteiger partial charge on any atom is 0.307 e. The predicted molar refractivity (Wildman–Crippen MR) is 123 cm³/mol. The molecule has 0 amide bonds. The van der Waals surface area contributed by atoms with Gasteiger partial charge in [-0.3, -0.25) is 9.59 Å². The number of halogens is 1. The number of hydrogen-bond donors (Lipinski definition) is 2. The molecule has 154 valence electrons. The van der Waals surface area contributed by atoms with Crippen molar-refractivity contribution in [3.63, 3.8) is 0 Å². The van der Waals surface area contributed by atoms with Crippen molar-refractivity contribution in [2.24, 2.45) is 11.8 Å². The molecule has 0 bridgehead atoms. The zero-order valence-corrected chi connectivity index (χ0v) is 17.8. The number of carbonyl (C=O) groups is 2. The summed E-state index contributed by atoms with van der Waals surface area (Å²) in [6.07, 6.45) is 0.437. The van der Waals surface area contributed by atoms with E-state index < -0.39 is 11.9 Å². The van der Waals surface area contributed by atoms with Crippen molar-refractivity contribution in [3.8, 4) is 11.1 Å². The lowest BCUT2D eigenvalue weighted by molar-refractivity contribution is -0.138. The van der Waals surface area contributed by atoms with Crippen LogP contribution in [0.1, 0.15) is 16.8 Å². The fourth-order valence-corrected chi connectivity index (χ4v) is 4.78. The van der Waals surface area contributed by atoms with E-state index in [1.54, 1.807) is 23.5 Å². The third-order valence-corrected chi connectivity index (χ3v) is 6.60. The molecule has 5 rings (SSSR count). The van der Waals surface area contributed by atoms with Crippen LogP contribution in [0, 0.1) is 11.8 Å². The molecule has 4 aromatic rings. The van der Waals surface area contributed by atoms with E-state index in [-0.39, 0.29) is 11.7 Å². The molecule has 2 atom stereocenters. The topological polar surface area (TPSA) is 79.3 Å². The standard InChI is InChI=1S/C24H17ClN2O3S/c25-16-7-10-20-21(11-16)31-24(27-20)26-17-8-5-14(6-9-17)13-1-3-15(4-2-13)22(28)18-12-19(18)23(29)30/h1-11,18-19H,12H2,(H,26,27)(H,29,30). The molecule has 0 spiro atoms. The van der Waals surface area contributed by atoms with Crippen LogP contribution in [-0.4, -0.2) is 21.8 Å². The molecule has 1 saturated carbocycles. The zero-order chi connectivity index (χ0) is 21.5. The Morgan fingerprint density at radius 1 is 0.968 bits per heavy atom. The number of thiazole rings is 1. The number of aromatic nitrogens is 1. The van der Waals surface area contributed by atoms with Crippen molar-refractivity contribution < 1.29 is 14.7 Å². The van der Waals surface area contributed by atoms with E-state index in [4.69, 9.17) is 16.7 Å². The van der Waals surface area contributed by atoms with Crippen LogP contribution in [0.15, 0.2) is 66.7 Å². The number of aliphatic carboxylic acids is 1. The number of carbonyl (C=O) groups excluding carboxylic acids is 1. The molecule has 1 aliphatic rings. The Hall–Kier alpha value is -3.22. The van der Waals surface area contributed by atoms with E-state index in [1.165, 1.54) is 0 Å². The summed E-state index contributed by atoms with van der Waals surface area (Å²) in [5, 5.41) is 13.8. The van der Waals surface area contributed by atoms with Gasteiger partial charge in [0.05, 0.1) is 16.1 Å². The van der Waals surface area contributed by atoms with Crippen molar-refractivity contribution in [1.82, 2.24) is 4.98 Å². The van der Waals surface area contributed by atoms with E-state index in [1.807, 2.05) is 54.6 Å². The van der Waals surface area contributed by atoms with Gasteiger partial charge in [-0.15, -0.1) is 0 Å². The number of anilines is 2. The summed E-state index contributed by atoms with van der Waals surface area (Å²) in [6.45, 7) is 0. The highest BCUT2D eigenvalue weighted by molar-refractivity contribution is 7.22. The van der Waals surface area contributed by atoms with E-state index in [9.17, 15) is 9.59 Å². The summed E-state index contributed by atoms with van der Waals surface area (Å²) >= 11 is 7.59. The van der Waals surface area contributed by atoms with Gasteiger partial charge in [0.15, 0.2) is 10.9 Å². The molecule has 1 heterocycles. The summed E-state index contributed by atoms with van der Waals surface area (Å²) in [4.78, 5) is 27.9. The van der Waals surface area contributed by atoms with E-state index in [0.29, 0.717) is 17.0 Å². The molecule has 1 aliphatic carbocycles. The van der Waals surface area contributed by atoms with Crippen molar-refractivity contribution in [3.05, 3.63) is 77.3 Å². The first-order valence-corrected chi connectivity index (χ1v) is 11.0. The van der Waals surface area contributed by atoms with Crippen molar-refractivity contribution >= 4 is 55.7 Å². The Labute approximate surface area is 187 Å². The summed E-state index contributed by atoms with van der Waals surface area (Å²) in [7, 11) is 0. The van der Waals surface area contributed by atoms with Gasteiger partial charge < -0.3 is 10.4 Å². The fourth-order valence-electron chi connectivity index (χ4n) is 3.62. The minimum absolute atomic E-state index is 0.0874. The third kappa shape index (κ3) is 4.04. The lowest BCUT2D eigenvalue weighted by Gasteiger charge is -2.06. The normalized spacial score (nSPS) is 17.5. The van der Waals surface area contributed by atoms with Crippen LogP contribution in [-0.2, 0) is 4.79 Å². The molecule has 0 aliphatic heterocycles. The molecular weight excluding hydrogens is 432 g/mol. The highest BCUT2D eigenvalue weighted by Crippen LogP contribution is 2.41. The van der Waals surface area contributed by atoms with Gasteiger partial charge in [-0.25, -0.2) is 4.98 Å². The first-order chi connectivity index (χ1) is 15.0. The van der Waals surface area contributed by atoms with E-state index in [0.717, 1.165) is 32.2 Å². The second kappa shape index (κ2) is 7.80. The summed E-state index contributed by atoms with van der Waals surface area (Å²) < 4.78 is 1.03. The fraction of sp³-hybridized carbons (Fsp3) is 0.125. The van der Waals surface area contributed by atoms with Crippen LogP contribution in [0.25, 0.3) is 21.3 Å². The maximum absolute atomic E-state index is 12.4. The number of Topliss-reactive ketones (excluding diaryl/α,β-unsaturated/α-hetero) is 1. The average Bonchev–Trinajstić information content (AvgIpc) is 3.48. The number of ketones is 1. The van der Waals surface area contributed by atoms with Crippen molar-refractivity contribution in [2.75, 3.05) is 5.32 Å².